The van der Waals surface area contributed by atoms with E-state index >= 15 is 0 Å². The van der Waals surface area contributed by atoms with Crippen LogP contribution in [0.2, 0.25) is 5.02 Å². The molecule has 1 aliphatic heterocycles. The highest BCUT2D eigenvalue weighted by molar-refractivity contribution is 6.31. The molecule has 8 nitrogen and oxygen atoms in total. The Morgan fingerprint density at radius 2 is 1.96 bits per heavy atom. The minimum absolute atomic E-state index is 0.108. The number of nitrogens with two attached hydrogens (primary N) is 2. The predicted molar refractivity (Wildman–Crippen MR) is 98.4 cm³/mol. The Balaban J connectivity index is 1.90. The second-order valence-corrected chi connectivity index (χ2v) is 6.07. The van der Waals surface area contributed by atoms with Gasteiger partial charge in [0.15, 0.2) is 5.79 Å². The highest BCUT2D eigenvalue weighted by Crippen LogP contribution is 2.33. The van der Waals surface area contributed by atoms with Gasteiger partial charge in [-0.2, -0.15) is 0 Å². The van der Waals surface area contributed by atoms with Crippen LogP contribution in [0.3, 0.4) is 0 Å². The topological polar surface area (TPSA) is 129 Å². The Kier molecular flexibility index (Phi) is 4.79. The molecule has 1 atom stereocenters. The Morgan fingerprint density at radius 3 is 2.62 bits per heavy atom. The van der Waals surface area contributed by atoms with Crippen molar-refractivity contribution in [1.82, 2.24) is 5.32 Å². The van der Waals surface area contributed by atoms with Crippen molar-refractivity contribution in [2.45, 2.75) is 12.2 Å². The number of hydrogen-bond acceptors (Lipinski definition) is 7. The molecular weight excluding hydrogens is 358 g/mol. The summed E-state index contributed by atoms with van der Waals surface area (Å²) in [4.78, 5) is 14.3. The Hall–Kier alpha value is -3.10. The third-order valence-corrected chi connectivity index (χ3v) is 4.09. The highest BCUT2D eigenvalue weighted by atomic mass is 35.5. The van der Waals surface area contributed by atoms with Crippen LogP contribution in [0.5, 0.6) is 11.5 Å². The molecule has 0 fully saturated rings. The lowest BCUT2D eigenvalue weighted by Gasteiger charge is -2.29. The molecule has 0 bridgehead atoms. The number of hydrogen-bond donors (Lipinski definition) is 3. The molecule has 0 aromatic heterocycles. The summed E-state index contributed by atoms with van der Waals surface area (Å²) >= 11 is 6.33. The van der Waals surface area contributed by atoms with Gasteiger partial charge >= 0.3 is 5.70 Å². The predicted octanol–water partition coefficient (Wildman–Crippen LogP) is 2.37. The lowest BCUT2D eigenvalue weighted by molar-refractivity contribution is -0.416. The molecule has 1 heterocycles. The maximum atomic E-state index is 10.9. The molecule has 3 rings (SSSR count). The molecule has 0 amide bonds. The number of para-hydroxylation sites is 1. The van der Waals surface area contributed by atoms with Gasteiger partial charge in [-0.25, -0.2) is 4.99 Å². The monoisotopic (exact) mass is 373 g/mol. The van der Waals surface area contributed by atoms with Crippen LogP contribution in [0.1, 0.15) is 5.56 Å². The molecule has 2 aromatic rings. The van der Waals surface area contributed by atoms with E-state index in [-0.39, 0.29) is 18.0 Å². The van der Waals surface area contributed by atoms with Crippen LogP contribution < -0.4 is 21.5 Å². The first-order valence-electron chi connectivity index (χ1n) is 7.65. The minimum Gasteiger partial charge on any atom is -0.457 e. The van der Waals surface area contributed by atoms with Gasteiger partial charge in [0.25, 0.3) is 0 Å². The first-order valence-corrected chi connectivity index (χ1v) is 8.03. The molecular formula is C17H16ClN5O3. The second kappa shape index (κ2) is 7.03. The van der Waals surface area contributed by atoms with Crippen LogP contribution in [-0.2, 0) is 6.42 Å². The number of rotatable bonds is 5. The molecule has 26 heavy (non-hydrogen) atoms. The number of amidine groups is 1. The zero-order valence-corrected chi connectivity index (χ0v) is 14.3. The van der Waals surface area contributed by atoms with Gasteiger partial charge in [0.1, 0.15) is 11.5 Å². The van der Waals surface area contributed by atoms with E-state index in [0.717, 1.165) is 6.20 Å². The van der Waals surface area contributed by atoms with Crippen molar-refractivity contribution in [3.63, 3.8) is 0 Å². The molecule has 0 saturated carbocycles. The number of aliphatic imine (C=N–C) groups is 1. The number of halogens is 1. The van der Waals surface area contributed by atoms with E-state index < -0.39 is 10.7 Å². The Bertz CT molecular complexity index is 901. The van der Waals surface area contributed by atoms with E-state index in [2.05, 4.69) is 10.3 Å². The smallest absolute Gasteiger partial charge is 0.326 e. The number of nitrogens with zero attached hydrogens (tertiary/aromatic N) is 2. The fourth-order valence-corrected chi connectivity index (χ4v) is 2.73. The van der Waals surface area contributed by atoms with E-state index in [1.807, 2.05) is 30.3 Å². The molecule has 1 unspecified atom stereocenters. The van der Waals surface area contributed by atoms with E-state index in [4.69, 9.17) is 27.8 Å². The molecule has 134 valence electrons. The van der Waals surface area contributed by atoms with Crippen LogP contribution >= 0.6 is 11.6 Å². The van der Waals surface area contributed by atoms with Crippen LogP contribution in [0.15, 0.2) is 65.4 Å². The largest absolute Gasteiger partial charge is 0.457 e. The van der Waals surface area contributed by atoms with Gasteiger partial charge in [0, 0.05) is 17.0 Å². The van der Waals surface area contributed by atoms with E-state index in [9.17, 15) is 10.1 Å². The van der Waals surface area contributed by atoms with Crippen LogP contribution in [0, 0.1) is 10.1 Å². The molecule has 0 spiro atoms. The van der Waals surface area contributed by atoms with Gasteiger partial charge in [0.2, 0.25) is 5.84 Å². The zero-order valence-electron chi connectivity index (χ0n) is 13.6. The molecule has 0 aliphatic carbocycles. The molecule has 0 radical (unpaired) electrons. The standard InChI is InChI=1S/C17H16ClN5O3/c18-13-7-4-8-15(26-11-5-2-1-3-6-11)12(13)9-17(20)21-10-14(23(24)25)16(19)22-17/h1-8,10,21H,9,20H2,(H2,19,22). The molecule has 5 N–H and O–H groups in total. The quantitative estimate of drug-likeness (QED) is 0.545. The second-order valence-electron chi connectivity index (χ2n) is 5.66. The molecule has 9 heteroatoms. The first-order chi connectivity index (χ1) is 12.4. The fourth-order valence-electron chi connectivity index (χ4n) is 2.50. The van der Waals surface area contributed by atoms with Crippen molar-refractivity contribution in [2.75, 3.05) is 0 Å². The van der Waals surface area contributed by atoms with Gasteiger partial charge in [-0.1, -0.05) is 35.9 Å². The highest BCUT2D eigenvalue weighted by Gasteiger charge is 2.33. The average Bonchev–Trinajstić information content (AvgIpc) is 2.58. The van der Waals surface area contributed by atoms with Crippen molar-refractivity contribution < 1.29 is 9.66 Å². The third-order valence-electron chi connectivity index (χ3n) is 3.73. The normalized spacial score (nSPS) is 19.2. The molecule has 2 aromatic carbocycles. The summed E-state index contributed by atoms with van der Waals surface area (Å²) in [6.07, 6.45) is 1.24. The van der Waals surface area contributed by atoms with Crippen LogP contribution in [-0.4, -0.2) is 16.5 Å². The molecule has 0 saturated heterocycles. The maximum absolute atomic E-state index is 10.9. The van der Waals surface area contributed by atoms with E-state index in [1.54, 1.807) is 18.2 Å². The van der Waals surface area contributed by atoms with Gasteiger partial charge in [-0.05, 0) is 24.3 Å². The lowest BCUT2D eigenvalue weighted by Crippen LogP contribution is -2.55. The third kappa shape index (κ3) is 3.76. The summed E-state index contributed by atoms with van der Waals surface area (Å²) in [6.45, 7) is 0. The fraction of sp³-hybridized carbons (Fsp3) is 0.118. The van der Waals surface area contributed by atoms with Crippen molar-refractivity contribution in [3.8, 4) is 11.5 Å². The first kappa shape index (κ1) is 17.7. The summed E-state index contributed by atoms with van der Waals surface area (Å²) < 4.78 is 5.89. The summed E-state index contributed by atoms with van der Waals surface area (Å²) in [7, 11) is 0. The van der Waals surface area contributed by atoms with E-state index in [0.29, 0.717) is 22.1 Å². The van der Waals surface area contributed by atoms with Gasteiger partial charge < -0.3 is 15.8 Å². The zero-order chi connectivity index (χ0) is 18.7. The molecule has 1 aliphatic rings. The number of benzene rings is 2. The van der Waals surface area contributed by atoms with Gasteiger partial charge in [-0.3, -0.25) is 15.8 Å². The summed E-state index contributed by atoms with van der Waals surface area (Å²) in [5.41, 5.74) is 12.1. The van der Waals surface area contributed by atoms with Crippen LogP contribution in [0.25, 0.3) is 0 Å². The Labute approximate surface area is 154 Å². The van der Waals surface area contributed by atoms with Crippen molar-refractivity contribution >= 4 is 17.4 Å². The van der Waals surface area contributed by atoms with Gasteiger partial charge in [-0.15, -0.1) is 0 Å². The van der Waals surface area contributed by atoms with Crippen molar-refractivity contribution in [3.05, 3.63) is 81.1 Å². The maximum Gasteiger partial charge on any atom is 0.326 e. The minimum atomic E-state index is -1.39. The van der Waals surface area contributed by atoms with Gasteiger partial charge in [0.05, 0.1) is 11.1 Å². The summed E-state index contributed by atoms with van der Waals surface area (Å²) in [5.74, 6) is -0.497. The number of nitro groups is 1. The SMILES string of the molecule is NC1=NC(N)(Cc2c(Cl)cccc2Oc2ccccc2)NC=C1[N+](=O)[O-]. The number of nitrogens with one attached hydrogen (secondary N) is 1. The Morgan fingerprint density at radius 1 is 1.23 bits per heavy atom. The average molecular weight is 374 g/mol. The number of ether oxygens (including phenoxy) is 1. The van der Waals surface area contributed by atoms with Crippen molar-refractivity contribution in [2.24, 2.45) is 16.5 Å². The van der Waals surface area contributed by atoms with E-state index in [1.165, 1.54) is 0 Å². The van der Waals surface area contributed by atoms with Crippen LogP contribution in [0.4, 0.5) is 0 Å². The van der Waals surface area contributed by atoms with Crippen molar-refractivity contribution in [1.29, 1.82) is 0 Å². The summed E-state index contributed by atoms with van der Waals surface area (Å²) in [5, 5.41) is 14.0. The summed E-state index contributed by atoms with van der Waals surface area (Å²) in [6, 6.07) is 14.4. The lowest BCUT2D eigenvalue weighted by atomic mass is 10.0.